The molecule has 2 nitrogen and oxygen atoms in total. The summed E-state index contributed by atoms with van der Waals surface area (Å²) in [5.74, 6) is 1.46. The van der Waals surface area contributed by atoms with Crippen LogP contribution in [0.5, 0.6) is 0 Å². The van der Waals surface area contributed by atoms with Gasteiger partial charge in [-0.15, -0.1) is 0 Å². The fourth-order valence-corrected chi connectivity index (χ4v) is 3.19. The maximum atomic E-state index is 12.6. The molecule has 1 saturated carbocycles. The van der Waals surface area contributed by atoms with E-state index in [4.69, 9.17) is 4.74 Å². The molecule has 0 aromatic carbocycles. The maximum Gasteiger partial charge on any atom is 0.167 e. The van der Waals surface area contributed by atoms with Crippen molar-refractivity contribution in [2.45, 2.75) is 71.3 Å². The highest BCUT2D eigenvalue weighted by molar-refractivity contribution is 5.89. The Kier molecular flexibility index (Phi) is 5.64. The molecule has 0 spiro atoms. The summed E-state index contributed by atoms with van der Waals surface area (Å²) >= 11 is 0. The number of hydrogen-bond donors (Lipinski definition) is 0. The molecule has 1 aliphatic carbocycles. The zero-order valence-electron chi connectivity index (χ0n) is 11.9. The summed E-state index contributed by atoms with van der Waals surface area (Å²) in [4.78, 5) is 12.6. The van der Waals surface area contributed by atoms with Gasteiger partial charge >= 0.3 is 0 Å². The summed E-state index contributed by atoms with van der Waals surface area (Å²) in [6, 6.07) is 0. The van der Waals surface area contributed by atoms with Crippen LogP contribution in [-0.2, 0) is 9.53 Å². The Labute approximate surface area is 106 Å². The summed E-state index contributed by atoms with van der Waals surface area (Å²) in [5.41, 5.74) is -0.510. The van der Waals surface area contributed by atoms with Crippen molar-refractivity contribution < 1.29 is 9.53 Å². The number of carbonyl (C=O) groups is 1. The fourth-order valence-electron chi connectivity index (χ4n) is 3.19. The van der Waals surface area contributed by atoms with E-state index in [1.165, 1.54) is 19.3 Å². The Hall–Kier alpha value is -0.370. The lowest BCUT2D eigenvalue weighted by Gasteiger charge is -2.35. The molecule has 0 aromatic heterocycles. The average Bonchev–Trinajstić information content (AvgIpc) is 2.41. The van der Waals surface area contributed by atoms with Crippen molar-refractivity contribution in [3.8, 4) is 0 Å². The van der Waals surface area contributed by atoms with Crippen LogP contribution in [0.3, 0.4) is 0 Å². The van der Waals surface area contributed by atoms with Crippen molar-refractivity contribution in [2.24, 2.45) is 11.8 Å². The number of ketones is 1. The van der Waals surface area contributed by atoms with Crippen molar-refractivity contribution >= 4 is 5.78 Å². The molecule has 17 heavy (non-hydrogen) atoms. The Morgan fingerprint density at radius 3 is 2.00 bits per heavy atom. The highest BCUT2D eigenvalue weighted by atomic mass is 16.5. The molecule has 0 atom stereocenters. The van der Waals surface area contributed by atoms with E-state index in [1.54, 1.807) is 7.11 Å². The van der Waals surface area contributed by atoms with Crippen LogP contribution in [0.2, 0.25) is 0 Å². The van der Waals surface area contributed by atoms with E-state index in [0.717, 1.165) is 31.6 Å². The first-order chi connectivity index (χ1) is 8.13. The summed E-state index contributed by atoms with van der Waals surface area (Å²) < 4.78 is 5.55. The number of carbonyl (C=O) groups excluding carboxylic acids is 1. The van der Waals surface area contributed by atoms with Gasteiger partial charge in [-0.2, -0.15) is 0 Å². The van der Waals surface area contributed by atoms with Crippen LogP contribution in [0.1, 0.15) is 65.7 Å². The third kappa shape index (κ3) is 3.09. The fraction of sp³-hybridized carbons (Fsp3) is 0.933. The molecule has 0 aliphatic heterocycles. The SMILES string of the molecule is CCC1CCC(C(=O)C(CC)(CC)OC)CC1. The van der Waals surface area contributed by atoms with Crippen molar-refractivity contribution in [2.75, 3.05) is 7.11 Å². The maximum absolute atomic E-state index is 12.6. The smallest absolute Gasteiger partial charge is 0.167 e. The molecule has 0 aromatic rings. The van der Waals surface area contributed by atoms with E-state index >= 15 is 0 Å². The molecule has 100 valence electrons. The molecular weight excluding hydrogens is 212 g/mol. The molecule has 1 fully saturated rings. The lowest BCUT2D eigenvalue weighted by atomic mass is 9.74. The quantitative estimate of drug-likeness (QED) is 0.702. The van der Waals surface area contributed by atoms with E-state index in [9.17, 15) is 4.79 Å². The van der Waals surface area contributed by atoms with E-state index in [-0.39, 0.29) is 5.92 Å². The molecule has 0 N–H and O–H groups in total. The monoisotopic (exact) mass is 240 g/mol. The Morgan fingerprint density at radius 2 is 1.65 bits per heavy atom. The molecule has 0 unspecified atom stereocenters. The number of hydrogen-bond acceptors (Lipinski definition) is 2. The third-order valence-electron chi connectivity index (χ3n) is 4.78. The van der Waals surface area contributed by atoms with Crippen molar-refractivity contribution in [3.63, 3.8) is 0 Å². The van der Waals surface area contributed by atoms with Crippen LogP contribution in [0.15, 0.2) is 0 Å². The van der Waals surface area contributed by atoms with Crippen LogP contribution >= 0.6 is 0 Å². The Balaban J connectivity index is 2.64. The van der Waals surface area contributed by atoms with E-state index in [1.807, 2.05) is 0 Å². The number of ether oxygens (including phenoxy) is 1. The molecule has 1 rings (SSSR count). The predicted molar refractivity (Wildman–Crippen MR) is 71.1 cm³/mol. The van der Waals surface area contributed by atoms with Gasteiger partial charge in [0.2, 0.25) is 0 Å². The number of rotatable bonds is 6. The summed E-state index contributed by atoms with van der Waals surface area (Å²) in [6.45, 7) is 6.37. The second-order valence-corrected chi connectivity index (χ2v) is 5.40. The third-order valence-corrected chi connectivity index (χ3v) is 4.78. The summed E-state index contributed by atoms with van der Waals surface area (Å²) in [5, 5.41) is 0. The van der Waals surface area contributed by atoms with Gasteiger partial charge in [0.15, 0.2) is 5.78 Å². The molecule has 0 heterocycles. The molecule has 0 radical (unpaired) electrons. The van der Waals surface area contributed by atoms with Crippen LogP contribution in [0.25, 0.3) is 0 Å². The lowest BCUT2D eigenvalue weighted by molar-refractivity contribution is -0.147. The second kappa shape index (κ2) is 6.53. The number of Topliss-reactive ketones (excluding diaryl/α,β-unsaturated/α-hetero) is 1. The van der Waals surface area contributed by atoms with Gasteiger partial charge in [0, 0.05) is 13.0 Å². The van der Waals surface area contributed by atoms with E-state index in [0.29, 0.717) is 5.78 Å². The molecule has 1 aliphatic rings. The van der Waals surface area contributed by atoms with E-state index < -0.39 is 5.60 Å². The molecule has 2 heteroatoms. The first-order valence-corrected chi connectivity index (χ1v) is 7.22. The van der Waals surface area contributed by atoms with Gasteiger partial charge in [-0.3, -0.25) is 4.79 Å². The van der Waals surface area contributed by atoms with Gasteiger partial charge < -0.3 is 4.74 Å². The van der Waals surface area contributed by atoms with Crippen LogP contribution in [0, 0.1) is 11.8 Å². The Morgan fingerprint density at radius 1 is 1.12 bits per heavy atom. The van der Waals surface area contributed by atoms with Gasteiger partial charge in [-0.25, -0.2) is 0 Å². The Bertz CT molecular complexity index is 227. The summed E-state index contributed by atoms with van der Waals surface area (Å²) in [7, 11) is 1.68. The normalized spacial score (nSPS) is 25.9. The second-order valence-electron chi connectivity index (χ2n) is 5.40. The van der Waals surface area contributed by atoms with Gasteiger partial charge in [0.05, 0.1) is 0 Å². The first-order valence-electron chi connectivity index (χ1n) is 7.22. The predicted octanol–water partition coefficient (Wildman–Crippen LogP) is 3.98. The van der Waals surface area contributed by atoms with Crippen molar-refractivity contribution in [1.82, 2.24) is 0 Å². The minimum absolute atomic E-state index is 0.248. The van der Waals surface area contributed by atoms with Crippen LogP contribution < -0.4 is 0 Å². The molecule has 0 bridgehead atoms. The highest BCUT2D eigenvalue weighted by Crippen LogP contribution is 2.35. The molecule has 0 saturated heterocycles. The minimum Gasteiger partial charge on any atom is -0.370 e. The van der Waals surface area contributed by atoms with Gasteiger partial charge in [-0.1, -0.05) is 27.2 Å². The molecular formula is C15H28O2. The average molecular weight is 240 g/mol. The van der Waals surface area contributed by atoms with Crippen molar-refractivity contribution in [3.05, 3.63) is 0 Å². The topological polar surface area (TPSA) is 26.3 Å². The van der Waals surface area contributed by atoms with Gasteiger partial charge in [0.1, 0.15) is 5.60 Å². The first kappa shape index (κ1) is 14.7. The highest BCUT2D eigenvalue weighted by Gasteiger charge is 2.40. The summed E-state index contributed by atoms with van der Waals surface area (Å²) in [6.07, 6.45) is 7.45. The van der Waals surface area contributed by atoms with Gasteiger partial charge in [-0.05, 0) is 44.4 Å². The van der Waals surface area contributed by atoms with Crippen molar-refractivity contribution in [1.29, 1.82) is 0 Å². The minimum atomic E-state index is -0.510. The standard InChI is InChI=1S/C15H28O2/c1-5-12-8-10-13(11-9-12)14(16)15(6-2,7-3)17-4/h12-13H,5-11H2,1-4H3. The van der Waals surface area contributed by atoms with Crippen LogP contribution in [-0.4, -0.2) is 18.5 Å². The largest absolute Gasteiger partial charge is 0.370 e. The van der Waals surface area contributed by atoms with Gasteiger partial charge in [0.25, 0.3) is 0 Å². The molecule has 0 amide bonds. The van der Waals surface area contributed by atoms with Crippen LogP contribution in [0.4, 0.5) is 0 Å². The zero-order valence-corrected chi connectivity index (χ0v) is 11.9. The zero-order chi connectivity index (χ0) is 12.9. The number of methoxy groups -OCH3 is 1. The lowest BCUT2D eigenvalue weighted by Crippen LogP contribution is -2.44. The van der Waals surface area contributed by atoms with E-state index in [2.05, 4.69) is 20.8 Å².